The fourth-order valence-electron chi connectivity index (χ4n) is 3.31. The Balaban J connectivity index is 1.82. The SMILES string of the molecule is CSc1cccc(NC(=O)c2cc(S(=O)(=O)N3CCCC(C)C3)cn2C)c1. The molecule has 0 aliphatic carbocycles. The molecule has 1 N–H and O–H groups in total. The summed E-state index contributed by atoms with van der Waals surface area (Å²) in [4.78, 5) is 13.9. The van der Waals surface area contributed by atoms with Gasteiger partial charge in [0.25, 0.3) is 5.91 Å². The van der Waals surface area contributed by atoms with Crippen molar-refractivity contribution in [1.29, 1.82) is 0 Å². The highest BCUT2D eigenvalue weighted by Gasteiger charge is 2.30. The van der Waals surface area contributed by atoms with Gasteiger partial charge in [-0.05, 0) is 49.3 Å². The molecule has 6 nitrogen and oxygen atoms in total. The quantitative estimate of drug-likeness (QED) is 0.771. The molecule has 1 atom stereocenters. The van der Waals surface area contributed by atoms with E-state index < -0.39 is 10.0 Å². The predicted octanol–water partition coefficient (Wildman–Crippen LogP) is 3.42. The maximum absolute atomic E-state index is 12.9. The molecular formula is C19H25N3O3S2. The zero-order chi connectivity index (χ0) is 19.6. The van der Waals surface area contributed by atoms with Crippen molar-refractivity contribution < 1.29 is 13.2 Å². The third-order valence-electron chi connectivity index (χ3n) is 4.80. The first-order valence-corrected chi connectivity index (χ1v) is 11.6. The largest absolute Gasteiger partial charge is 0.345 e. The second-order valence-electron chi connectivity index (χ2n) is 6.97. The van der Waals surface area contributed by atoms with E-state index in [9.17, 15) is 13.2 Å². The predicted molar refractivity (Wildman–Crippen MR) is 109 cm³/mol. The minimum atomic E-state index is -3.58. The van der Waals surface area contributed by atoms with Gasteiger partial charge in [0.2, 0.25) is 10.0 Å². The van der Waals surface area contributed by atoms with Gasteiger partial charge in [0.15, 0.2) is 0 Å². The Labute approximate surface area is 165 Å². The molecule has 2 heterocycles. The van der Waals surface area contributed by atoms with Gasteiger partial charge in [0.05, 0.1) is 0 Å². The number of amides is 1. The van der Waals surface area contributed by atoms with E-state index in [2.05, 4.69) is 12.2 Å². The van der Waals surface area contributed by atoms with Crippen LogP contribution in [0.25, 0.3) is 0 Å². The lowest BCUT2D eigenvalue weighted by molar-refractivity contribution is 0.101. The molecule has 1 fully saturated rings. The molecule has 0 radical (unpaired) electrons. The van der Waals surface area contributed by atoms with Gasteiger partial charge in [-0.3, -0.25) is 4.79 Å². The normalized spacial score (nSPS) is 18.4. The molecule has 0 saturated carbocycles. The molecule has 1 aliphatic heterocycles. The fourth-order valence-corrected chi connectivity index (χ4v) is 5.44. The fraction of sp³-hybridized carbons (Fsp3) is 0.421. The Morgan fingerprint density at radius 2 is 2.07 bits per heavy atom. The van der Waals surface area contributed by atoms with E-state index in [1.165, 1.54) is 16.6 Å². The molecule has 1 aromatic heterocycles. The van der Waals surface area contributed by atoms with Gasteiger partial charge in [0.1, 0.15) is 10.6 Å². The van der Waals surface area contributed by atoms with E-state index in [0.717, 1.165) is 17.7 Å². The highest BCUT2D eigenvalue weighted by molar-refractivity contribution is 7.98. The van der Waals surface area contributed by atoms with Crippen molar-refractivity contribution in [3.63, 3.8) is 0 Å². The molecule has 1 saturated heterocycles. The average Bonchev–Trinajstić information content (AvgIpc) is 3.04. The molecule has 0 spiro atoms. The second-order valence-corrected chi connectivity index (χ2v) is 9.79. The summed E-state index contributed by atoms with van der Waals surface area (Å²) in [7, 11) is -1.90. The number of aryl methyl sites for hydroxylation is 1. The van der Waals surface area contributed by atoms with Crippen molar-refractivity contribution in [2.24, 2.45) is 13.0 Å². The number of thioether (sulfide) groups is 1. The van der Waals surface area contributed by atoms with Crippen molar-refractivity contribution >= 4 is 33.4 Å². The van der Waals surface area contributed by atoms with Crippen LogP contribution in [0, 0.1) is 5.92 Å². The maximum atomic E-state index is 12.9. The summed E-state index contributed by atoms with van der Waals surface area (Å²) >= 11 is 1.59. The molecule has 8 heteroatoms. The van der Waals surface area contributed by atoms with Crippen molar-refractivity contribution in [2.75, 3.05) is 24.7 Å². The van der Waals surface area contributed by atoms with Gasteiger partial charge in [-0.1, -0.05) is 13.0 Å². The third kappa shape index (κ3) is 4.39. The number of sulfonamides is 1. The van der Waals surface area contributed by atoms with Crippen LogP contribution in [0.5, 0.6) is 0 Å². The van der Waals surface area contributed by atoms with Crippen LogP contribution in [0.2, 0.25) is 0 Å². The Morgan fingerprint density at radius 3 is 2.78 bits per heavy atom. The molecule has 1 aromatic carbocycles. The van der Waals surface area contributed by atoms with Crippen LogP contribution in [-0.2, 0) is 17.1 Å². The van der Waals surface area contributed by atoms with Gasteiger partial charge in [-0.15, -0.1) is 11.8 Å². The van der Waals surface area contributed by atoms with Crippen molar-refractivity contribution in [3.8, 4) is 0 Å². The summed E-state index contributed by atoms with van der Waals surface area (Å²) in [5, 5.41) is 2.84. The minimum Gasteiger partial charge on any atom is -0.345 e. The molecule has 27 heavy (non-hydrogen) atoms. The van der Waals surface area contributed by atoms with E-state index >= 15 is 0 Å². The lowest BCUT2D eigenvalue weighted by atomic mass is 10.0. The van der Waals surface area contributed by atoms with Crippen LogP contribution >= 0.6 is 11.8 Å². The number of benzene rings is 1. The molecule has 1 aliphatic rings. The Morgan fingerprint density at radius 1 is 1.30 bits per heavy atom. The first-order chi connectivity index (χ1) is 12.8. The van der Waals surface area contributed by atoms with Gasteiger partial charge in [0, 0.05) is 36.9 Å². The van der Waals surface area contributed by atoms with Gasteiger partial charge < -0.3 is 9.88 Å². The summed E-state index contributed by atoms with van der Waals surface area (Å²) < 4.78 is 29.0. The number of carbonyl (C=O) groups is 1. The van der Waals surface area contributed by atoms with Gasteiger partial charge >= 0.3 is 0 Å². The summed E-state index contributed by atoms with van der Waals surface area (Å²) in [6, 6.07) is 9.00. The molecule has 2 aromatic rings. The van der Waals surface area contributed by atoms with Gasteiger partial charge in [-0.2, -0.15) is 4.31 Å². The topological polar surface area (TPSA) is 71.4 Å². The second kappa shape index (κ2) is 8.08. The molecular weight excluding hydrogens is 382 g/mol. The molecule has 1 unspecified atom stereocenters. The lowest BCUT2D eigenvalue weighted by Gasteiger charge is -2.29. The summed E-state index contributed by atoms with van der Waals surface area (Å²) in [6.07, 6.45) is 5.40. The zero-order valence-electron chi connectivity index (χ0n) is 15.8. The number of aromatic nitrogens is 1. The van der Waals surface area contributed by atoms with E-state index in [1.807, 2.05) is 30.5 Å². The van der Waals surface area contributed by atoms with Crippen LogP contribution in [0.1, 0.15) is 30.3 Å². The highest BCUT2D eigenvalue weighted by Crippen LogP contribution is 2.25. The Bertz CT molecular complexity index is 937. The van der Waals surface area contributed by atoms with Crippen LogP contribution in [0.4, 0.5) is 5.69 Å². The van der Waals surface area contributed by atoms with E-state index in [-0.39, 0.29) is 10.8 Å². The standard InChI is InChI=1S/C19H25N3O3S2/c1-14-6-5-9-22(12-14)27(24,25)17-11-18(21(2)13-17)19(23)20-15-7-4-8-16(10-15)26-3/h4,7-8,10-11,13-14H,5-6,9,12H2,1-3H3,(H,20,23). The van der Waals surface area contributed by atoms with Crippen LogP contribution in [-0.4, -0.2) is 42.5 Å². The maximum Gasteiger partial charge on any atom is 0.272 e. The van der Waals surface area contributed by atoms with E-state index in [4.69, 9.17) is 0 Å². The molecule has 3 rings (SSSR count). The van der Waals surface area contributed by atoms with E-state index in [0.29, 0.717) is 30.4 Å². The summed E-state index contributed by atoms with van der Waals surface area (Å²) in [5.74, 6) is 0.0212. The van der Waals surface area contributed by atoms with Crippen molar-refractivity contribution in [3.05, 3.63) is 42.2 Å². The Hall–Kier alpha value is -1.77. The van der Waals surface area contributed by atoms with Crippen LogP contribution < -0.4 is 5.32 Å². The number of hydrogen-bond donors (Lipinski definition) is 1. The minimum absolute atomic E-state index is 0.169. The highest BCUT2D eigenvalue weighted by atomic mass is 32.2. The third-order valence-corrected chi connectivity index (χ3v) is 7.35. The molecule has 1 amide bonds. The number of piperidine rings is 1. The number of hydrogen-bond acceptors (Lipinski definition) is 4. The molecule has 146 valence electrons. The monoisotopic (exact) mass is 407 g/mol. The zero-order valence-corrected chi connectivity index (χ0v) is 17.4. The number of carbonyl (C=O) groups excluding carboxylic acids is 1. The smallest absolute Gasteiger partial charge is 0.272 e. The first kappa shape index (κ1) is 20.0. The van der Waals surface area contributed by atoms with Crippen molar-refractivity contribution in [1.82, 2.24) is 8.87 Å². The van der Waals surface area contributed by atoms with Gasteiger partial charge in [-0.25, -0.2) is 8.42 Å². The summed E-state index contributed by atoms with van der Waals surface area (Å²) in [5.41, 5.74) is 0.996. The van der Waals surface area contributed by atoms with E-state index in [1.54, 1.807) is 23.4 Å². The van der Waals surface area contributed by atoms with Crippen molar-refractivity contribution in [2.45, 2.75) is 29.6 Å². The number of nitrogens with one attached hydrogen (secondary N) is 1. The number of nitrogens with zero attached hydrogens (tertiary/aromatic N) is 2. The number of rotatable bonds is 5. The lowest BCUT2D eigenvalue weighted by Crippen LogP contribution is -2.38. The molecule has 0 bridgehead atoms. The average molecular weight is 408 g/mol. The summed E-state index contributed by atoms with van der Waals surface area (Å²) in [6.45, 7) is 3.12. The first-order valence-electron chi connectivity index (χ1n) is 8.93. The van der Waals surface area contributed by atoms with Crippen LogP contribution in [0.15, 0.2) is 46.3 Å². The number of anilines is 1. The Kier molecular flexibility index (Phi) is 5.98. The van der Waals surface area contributed by atoms with Crippen LogP contribution in [0.3, 0.4) is 0 Å².